The third-order valence-corrected chi connectivity index (χ3v) is 1.96. The molecule has 9 heavy (non-hydrogen) atoms. The summed E-state index contributed by atoms with van der Waals surface area (Å²) in [5.41, 5.74) is 1.42. The van der Waals surface area contributed by atoms with Crippen LogP contribution in [-0.2, 0) is 0 Å². The second-order valence-electron chi connectivity index (χ2n) is 2.90. The summed E-state index contributed by atoms with van der Waals surface area (Å²) in [7, 11) is 0. The predicted molar refractivity (Wildman–Crippen MR) is 41.0 cm³/mol. The van der Waals surface area contributed by atoms with Crippen LogP contribution in [0.4, 0.5) is 0 Å². The summed E-state index contributed by atoms with van der Waals surface area (Å²) in [6.45, 7) is 5.54. The van der Waals surface area contributed by atoms with Crippen LogP contribution in [0.25, 0.3) is 0 Å². The molecule has 1 aliphatic rings. The van der Waals surface area contributed by atoms with E-state index >= 15 is 0 Å². The normalized spacial score (nSPS) is 27.8. The Bertz CT molecular complexity index is 116. The highest BCUT2D eigenvalue weighted by Crippen LogP contribution is 2.13. The van der Waals surface area contributed by atoms with Crippen molar-refractivity contribution in [2.45, 2.75) is 33.1 Å². The van der Waals surface area contributed by atoms with E-state index in [4.69, 9.17) is 0 Å². The lowest BCUT2D eigenvalue weighted by Gasteiger charge is -2.15. The van der Waals surface area contributed by atoms with Gasteiger partial charge in [0, 0.05) is 12.3 Å². The van der Waals surface area contributed by atoms with E-state index in [0.717, 1.165) is 18.9 Å². The van der Waals surface area contributed by atoms with Gasteiger partial charge in [-0.3, -0.25) is 4.99 Å². The summed E-state index contributed by atoms with van der Waals surface area (Å²) in [6.07, 6.45) is 3.76. The van der Waals surface area contributed by atoms with Crippen molar-refractivity contribution in [1.29, 1.82) is 0 Å². The Labute approximate surface area is 57.2 Å². The van der Waals surface area contributed by atoms with Crippen molar-refractivity contribution in [2.24, 2.45) is 10.9 Å². The van der Waals surface area contributed by atoms with Crippen molar-refractivity contribution in [3.63, 3.8) is 0 Å². The zero-order valence-corrected chi connectivity index (χ0v) is 6.35. The molecule has 0 aromatic rings. The van der Waals surface area contributed by atoms with Crippen LogP contribution >= 0.6 is 0 Å². The van der Waals surface area contributed by atoms with E-state index in [0.29, 0.717) is 0 Å². The Morgan fingerprint density at radius 2 is 2.44 bits per heavy atom. The molecule has 1 nitrogen and oxygen atoms in total. The van der Waals surface area contributed by atoms with E-state index in [1.165, 1.54) is 18.6 Å². The van der Waals surface area contributed by atoms with E-state index in [1.54, 1.807) is 0 Å². The fourth-order valence-electron chi connectivity index (χ4n) is 1.16. The second kappa shape index (κ2) is 3.00. The van der Waals surface area contributed by atoms with E-state index in [-0.39, 0.29) is 0 Å². The van der Waals surface area contributed by atoms with Crippen LogP contribution in [0.5, 0.6) is 0 Å². The molecule has 1 rings (SSSR count). The molecule has 52 valence electrons. The summed E-state index contributed by atoms with van der Waals surface area (Å²) < 4.78 is 0. The molecule has 0 fully saturated rings. The summed E-state index contributed by atoms with van der Waals surface area (Å²) >= 11 is 0. The van der Waals surface area contributed by atoms with Crippen molar-refractivity contribution < 1.29 is 0 Å². The Morgan fingerprint density at radius 1 is 1.67 bits per heavy atom. The first kappa shape index (κ1) is 6.79. The van der Waals surface area contributed by atoms with Crippen LogP contribution in [0, 0.1) is 5.92 Å². The molecule has 1 heteroatoms. The highest BCUT2D eigenvalue weighted by molar-refractivity contribution is 5.84. The van der Waals surface area contributed by atoms with Gasteiger partial charge in [0.05, 0.1) is 0 Å². The number of nitrogens with zero attached hydrogens (tertiary/aromatic N) is 1. The van der Waals surface area contributed by atoms with Crippen LogP contribution in [0.1, 0.15) is 33.1 Å². The number of hydrogen-bond acceptors (Lipinski definition) is 1. The first-order valence-electron chi connectivity index (χ1n) is 3.85. The van der Waals surface area contributed by atoms with Crippen LogP contribution in [0.2, 0.25) is 0 Å². The fourth-order valence-corrected chi connectivity index (χ4v) is 1.16. The van der Waals surface area contributed by atoms with Gasteiger partial charge in [-0.05, 0) is 25.2 Å². The maximum absolute atomic E-state index is 4.45. The molecule has 0 aliphatic carbocycles. The molecule has 1 atom stereocenters. The first-order valence-corrected chi connectivity index (χ1v) is 3.85. The van der Waals surface area contributed by atoms with E-state index in [1.807, 2.05) is 0 Å². The molecule has 0 aromatic carbocycles. The molecule has 1 heterocycles. The maximum atomic E-state index is 4.45. The van der Waals surface area contributed by atoms with Crippen molar-refractivity contribution in [3.05, 3.63) is 0 Å². The quantitative estimate of drug-likeness (QED) is 0.509. The highest BCUT2D eigenvalue weighted by atomic mass is 14.8. The Balaban J connectivity index is 2.40. The third kappa shape index (κ3) is 1.81. The Kier molecular flexibility index (Phi) is 2.26. The summed E-state index contributed by atoms with van der Waals surface area (Å²) in [6, 6.07) is 0. The van der Waals surface area contributed by atoms with E-state index in [9.17, 15) is 0 Å². The van der Waals surface area contributed by atoms with Gasteiger partial charge in [0.15, 0.2) is 0 Å². The smallest absolute Gasteiger partial charge is 0.0414 e. The van der Waals surface area contributed by atoms with E-state index < -0.39 is 0 Å². The lowest BCUT2D eigenvalue weighted by atomic mass is 9.99. The zero-order chi connectivity index (χ0) is 6.69. The van der Waals surface area contributed by atoms with Gasteiger partial charge < -0.3 is 0 Å². The molecular weight excluding hydrogens is 110 g/mol. The van der Waals surface area contributed by atoms with Crippen LogP contribution in [0.3, 0.4) is 0 Å². The molecule has 0 radical (unpaired) electrons. The molecule has 0 spiro atoms. The molecule has 0 N–H and O–H groups in total. The van der Waals surface area contributed by atoms with Gasteiger partial charge in [0.25, 0.3) is 0 Å². The Hall–Kier alpha value is -0.330. The molecule has 0 aromatic heterocycles. The van der Waals surface area contributed by atoms with Crippen LogP contribution < -0.4 is 0 Å². The van der Waals surface area contributed by atoms with Crippen LogP contribution in [0.15, 0.2) is 4.99 Å². The van der Waals surface area contributed by atoms with Crippen LogP contribution in [-0.4, -0.2) is 12.3 Å². The van der Waals surface area contributed by atoms with Crippen molar-refractivity contribution in [1.82, 2.24) is 0 Å². The number of aliphatic imine (C=N–C) groups is 1. The lowest BCUT2D eigenvalue weighted by Crippen LogP contribution is -2.11. The van der Waals surface area contributed by atoms with Crippen molar-refractivity contribution in [3.8, 4) is 0 Å². The van der Waals surface area contributed by atoms with Gasteiger partial charge in [0.1, 0.15) is 0 Å². The minimum Gasteiger partial charge on any atom is -0.294 e. The molecule has 0 saturated carbocycles. The highest BCUT2D eigenvalue weighted by Gasteiger charge is 2.08. The first-order chi connectivity index (χ1) is 4.33. The predicted octanol–water partition coefficient (Wildman–Crippen LogP) is 2.27. The average molecular weight is 125 g/mol. The SMILES string of the molecule is CCC1=NCC(C)CC1. The molecule has 0 bridgehead atoms. The standard InChI is InChI=1S/C8H15N/c1-3-8-5-4-7(2)6-9-8/h7H,3-6H2,1-2H3. The summed E-state index contributed by atoms with van der Waals surface area (Å²) in [4.78, 5) is 4.45. The number of hydrogen-bond donors (Lipinski definition) is 0. The minimum absolute atomic E-state index is 0.834. The number of rotatable bonds is 1. The van der Waals surface area contributed by atoms with Gasteiger partial charge in [-0.2, -0.15) is 0 Å². The molecule has 0 saturated heterocycles. The topological polar surface area (TPSA) is 12.4 Å². The van der Waals surface area contributed by atoms with Crippen molar-refractivity contribution >= 4 is 5.71 Å². The van der Waals surface area contributed by atoms with Gasteiger partial charge >= 0.3 is 0 Å². The van der Waals surface area contributed by atoms with Gasteiger partial charge in [-0.25, -0.2) is 0 Å². The van der Waals surface area contributed by atoms with Crippen molar-refractivity contribution in [2.75, 3.05) is 6.54 Å². The lowest BCUT2D eigenvalue weighted by molar-refractivity contribution is 0.534. The minimum atomic E-state index is 0.834. The zero-order valence-electron chi connectivity index (χ0n) is 6.35. The van der Waals surface area contributed by atoms with E-state index in [2.05, 4.69) is 18.8 Å². The third-order valence-electron chi connectivity index (χ3n) is 1.96. The monoisotopic (exact) mass is 125 g/mol. The van der Waals surface area contributed by atoms with Gasteiger partial charge in [-0.15, -0.1) is 0 Å². The summed E-state index contributed by atoms with van der Waals surface area (Å²) in [5.74, 6) is 0.834. The largest absolute Gasteiger partial charge is 0.294 e. The molecule has 0 amide bonds. The summed E-state index contributed by atoms with van der Waals surface area (Å²) in [5, 5.41) is 0. The van der Waals surface area contributed by atoms with Gasteiger partial charge in [0.2, 0.25) is 0 Å². The molecule has 1 aliphatic heterocycles. The second-order valence-corrected chi connectivity index (χ2v) is 2.90. The fraction of sp³-hybridized carbons (Fsp3) is 0.875. The average Bonchev–Trinajstić information content (AvgIpc) is 1.90. The molecular formula is C8H15N. The molecule has 1 unspecified atom stereocenters. The maximum Gasteiger partial charge on any atom is 0.0414 e. The Morgan fingerprint density at radius 3 is 2.89 bits per heavy atom. The van der Waals surface area contributed by atoms with Gasteiger partial charge in [-0.1, -0.05) is 13.8 Å².